The SMILES string of the molecule is Cc1cc(N2CCN(C(=O)c3ccc(N4CCN(C(C)C)CC4)cc3)CC2)n2ncnc2n1. The zero-order valence-corrected chi connectivity index (χ0v) is 19.7. The van der Waals surface area contributed by atoms with E-state index in [0.717, 1.165) is 56.3 Å². The van der Waals surface area contributed by atoms with Crippen LogP contribution in [0.1, 0.15) is 29.9 Å². The summed E-state index contributed by atoms with van der Waals surface area (Å²) >= 11 is 0. The Morgan fingerprint density at radius 1 is 0.909 bits per heavy atom. The van der Waals surface area contributed by atoms with Crippen molar-refractivity contribution < 1.29 is 4.79 Å². The minimum absolute atomic E-state index is 0.0997. The van der Waals surface area contributed by atoms with E-state index in [4.69, 9.17) is 0 Å². The third-order valence-electron chi connectivity index (χ3n) is 6.78. The highest BCUT2D eigenvalue weighted by Crippen LogP contribution is 2.21. The number of piperazine rings is 2. The van der Waals surface area contributed by atoms with Gasteiger partial charge in [-0.05, 0) is 45.0 Å². The molecule has 2 saturated heterocycles. The Labute approximate surface area is 194 Å². The fraction of sp³-hybridized carbons (Fsp3) is 0.500. The van der Waals surface area contributed by atoms with Crippen LogP contribution in [0.5, 0.6) is 0 Å². The molecule has 0 unspecified atom stereocenters. The molecule has 2 aliphatic rings. The van der Waals surface area contributed by atoms with Crippen LogP contribution in [-0.4, -0.2) is 93.7 Å². The second kappa shape index (κ2) is 8.97. The summed E-state index contributed by atoms with van der Waals surface area (Å²) in [4.78, 5) is 30.9. The van der Waals surface area contributed by atoms with E-state index in [1.807, 2.05) is 30.0 Å². The summed E-state index contributed by atoms with van der Waals surface area (Å²) < 4.78 is 1.77. The van der Waals surface area contributed by atoms with E-state index < -0.39 is 0 Å². The van der Waals surface area contributed by atoms with Gasteiger partial charge in [-0.15, -0.1) is 0 Å². The molecule has 2 aromatic heterocycles. The molecule has 9 heteroatoms. The normalized spacial score (nSPS) is 17.9. The molecular weight excluding hydrogens is 416 g/mol. The van der Waals surface area contributed by atoms with Crippen LogP contribution >= 0.6 is 0 Å². The molecule has 2 aliphatic heterocycles. The number of aromatic nitrogens is 4. The average molecular weight is 449 g/mol. The highest BCUT2D eigenvalue weighted by Gasteiger charge is 2.25. The minimum Gasteiger partial charge on any atom is -0.369 e. The van der Waals surface area contributed by atoms with Crippen LogP contribution in [0.25, 0.3) is 5.78 Å². The number of rotatable bonds is 4. The molecule has 0 N–H and O–H groups in total. The predicted octanol–water partition coefficient (Wildman–Crippen LogP) is 1.93. The zero-order chi connectivity index (χ0) is 22.9. The maximum absolute atomic E-state index is 13.1. The Balaban J connectivity index is 1.20. The summed E-state index contributed by atoms with van der Waals surface area (Å²) in [5, 5.41) is 4.31. The predicted molar refractivity (Wildman–Crippen MR) is 129 cm³/mol. The lowest BCUT2D eigenvalue weighted by atomic mass is 10.1. The van der Waals surface area contributed by atoms with Crippen LogP contribution in [0.3, 0.4) is 0 Å². The molecule has 0 aliphatic carbocycles. The molecule has 4 heterocycles. The molecule has 0 atom stereocenters. The molecule has 9 nitrogen and oxygen atoms in total. The number of fused-ring (bicyclic) bond motifs is 1. The molecule has 0 bridgehead atoms. The monoisotopic (exact) mass is 448 g/mol. The highest BCUT2D eigenvalue weighted by molar-refractivity contribution is 5.94. The molecule has 174 valence electrons. The Bertz CT molecular complexity index is 1110. The smallest absolute Gasteiger partial charge is 0.254 e. The molecule has 33 heavy (non-hydrogen) atoms. The number of carbonyl (C=O) groups is 1. The van der Waals surface area contributed by atoms with E-state index in [2.05, 4.69) is 55.7 Å². The van der Waals surface area contributed by atoms with Crippen molar-refractivity contribution in [1.29, 1.82) is 0 Å². The molecule has 5 rings (SSSR count). The number of hydrogen-bond acceptors (Lipinski definition) is 7. The van der Waals surface area contributed by atoms with Crippen LogP contribution in [0, 0.1) is 6.92 Å². The molecule has 0 spiro atoms. The van der Waals surface area contributed by atoms with Gasteiger partial charge in [0.15, 0.2) is 0 Å². The maximum atomic E-state index is 13.1. The summed E-state index contributed by atoms with van der Waals surface area (Å²) in [6, 6.07) is 10.8. The van der Waals surface area contributed by atoms with Gasteiger partial charge in [0.05, 0.1) is 0 Å². The number of aryl methyl sites for hydroxylation is 1. The second-order valence-electron chi connectivity index (χ2n) is 9.17. The molecular formula is C24H32N8O. The van der Waals surface area contributed by atoms with Crippen molar-refractivity contribution in [2.75, 3.05) is 62.2 Å². The Kier molecular flexibility index (Phi) is 5.88. The van der Waals surface area contributed by atoms with E-state index in [9.17, 15) is 4.79 Å². The number of hydrogen-bond donors (Lipinski definition) is 0. The van der Waals surface area contributed by atoms with Crippen molar-refractivity contribution in [2.24, 2.45) is 0 Å². The van der Waals surface area contributed by atoms with Crippen molar-refractivity contribution in [2.45, 2.75) is 26.8 Å². The second-order valence-corrected chi connectivity index (χ2v) is 9.17. The molecule has 0 radical (unpaired) electrons. The number of amides is 1. The van der Waals surface area contributed by atoms with E-state index in [1.165, 1.54) is 12.0 Å². The van der Waals surface area contributed by atoms with Gasteiger partial charge in [0, 0.05) is 81.4 Å². The summed E-state index contributed by atoms with van der Waals surface area (Å²) in [6.45, 7) is 13.6. The number of nitrogens with zero attached hydrogens (tertiary/aromatic N) is 8. The summed E-state index contributed by atoms with van der Waals surface area (Å²) in [7, 11) is 0. The third-order valence-corrected chi connectivity index (χ3v) is 6.78. The summed E-state index contributed by atoms with van der Waals surface area (Å²) in [5.74, 6) is 1.68. The minimum atomic E-state index is 0.0997. The first kappa shape index (κ1) is 21.6. The van der Waals surface area contributed by atoms with Crippen LogP contribution in [0.2, 0.25) is 0 Å². The van der Waals surface area contributed by atoms with Gasteiger partial charge in [0.1, 0.15) is 12.1 Å². The van der Waals surface area contributed by atoms with Gasteiger partial charge >= 0.3 is 0 Å². The van der Waals surface area contributed by atoms with Crippen molar-refractivity contribution in [1.82, 2.24) is 29.4 Å². The van der Waals surface area contributed by atoms with Gasteiger partial charge in [-0.1, -0.05) is 0 Å². The topological polar surface area (TPSA) is 73.1 Å². The molecule has 1 amide bonds. The standard InChI is InChI=1S/C24H32N8O/c1-18(2)28-8-10-29(11-9-28)21-6-4-20(5-7-21)23(33)31-14-12-30(13-15-31)22-16-19(3)27-24-25-17-26-32(22)24/h4-7,16-18H,8-15H2,1-3H3. The van der Waals surface area contributed by atoms with Gasteiger partial charge in [-0.25, -0.2) is 4.98 Å². The first-order chi connectivity index (χ1) is 16.0. The Morgan fingerprint density at radius 2 is 1.58 bits per heavy atom. The molecule has 3 aromatic rings. The van der Waals surface area contributed by atoms with Crippen molar-refractivity contribution in [3.63, 3.8) is 0 Å². The van der Waals surface area contributed by atoms with Crippen molar-refractivity contribution in [3.8, 4) is 0 Å². The van der Waals surface area contributed by atoms with E-state index in [0.29, 0.717) is 24.9 Å². The van der Waals surface area contributed by atoms with Crippen molar-refractivity contribution >= 4 is 23.2 Å². The third kappa shape index (κ3) is 4.37. The maximum Gasteiger partial charge on any atom is 0.254 e. The number of anilines is 2. The van der Waals surface area contributed by atoms with Crippen LogP contribution in [0.15, 0.2) is 36.7 Å². The Hall–Kier alpha value is -3.20. The van der Waals surface area contributed by atoms with Crippen molar-refractivity contribution in [3.05, 3.63) is 47.9 Å². The van der Waals surface area contributed by atoms with Gasteiger partial charge in [0.25, 0.3) is 11.7 Å². The van der Waals surface area contributed by atoms with Crippen LogP contribution in [0.4, 0.5) is 11.5 Å². The molecule has 2 fully saturated rings. The quantitative estimate of drug-likeness (QED) is 0.604. The zero-order valence-electron chi connectivity index (χ0n) is 19.7. The van der Waals surface area contributed by atoms with Gasteiger partial charge in [-0.3, -0.25) is 9.69 Å². The molecule has 0 saturated carbocycles. The van der Waals surface area contributed by atoms with E-state index >= 15 is 0 Å². The number of carbonyl (C=O) groups excluding carboxylic acids is 1. The first-order valence-electron chi connectivity index (χ1n) is 11.8. The van der Waals surface area contributed by atoms with Gasteiger partial charge < -0.3 is 14.7 Å². The summed E-state index contributed by atoms with van der Waals surface area (Å²) in [6.07, 6.45) is 1.53. The summed E-state index contributed by atoms with van der Waals surface area (Å²) in [5.41, 5.74) is 2.87. The fourth-order valence-electron chi connectivity index (χ4n) is 4.77. The lowest BCUT2D eigenvalue weighted by molar-refractivity contribution is 0.0746. The van der Waals surface area contributed by atoms with E-state index in [1.54, 1.807) is 4.52 Å². The van der Waals surface area contributed by atoms with Gasteiger partial charge in [0.2, 0.25) is 0 Å². The molecule has 1 aromatic carbocycles. The first-order valence-corrected chi connectivity index (χ1v) is 11.8. The van der Waals surface area contributed by atoms with E-state index in [-0.39, 0.29) is 5.91 Å². The Morgan fingerprint density at radius 3 is 2.24 bits per heavy atom. The van der Waals surface area contributed by atoms with Crippen LogP contribution < -0.4 is 9.80 Å². The number of benzene rings is 1. The lowest BCUT2D eigenvalue weighted by Crippen LogP contribution is -2.49. The highest BCUT2D eigenvalue weighted by atomic mass is 16.2. The van der Waals surface area contributed by atoms with Gasteiger partial charge in [-0.2, -0.15) is 14.6 Å². The largest absolute Gasteiger partial charge is 0.369 e. The van der Waals surface area contributed by atoms with Crippen LogP contribution in [-0.2, 0) is 0 Å². The fourth-order valence-corrected chi connectivity index (χ4v) is 4.77. The lowest BCUT2D eigenvalue weighted by Gasteiger charge is -2.38. The average Bonchev–Trinajstić information content (AvgIpc) is 3.32.